The van der Waals surface area contributed by atoms with E-state index in [2.05, 4.69) is 38.0 Å². The smallest absolute Gasteiger partial charge is 0.191 e. The molecule has 0 spiro atoms. The third-order valence-electron chi connectivity index (χ3n) is 2.87. The molecule has 2 rings (SSSR count). The van der Waals surface area contributed by atoms with Crippen molar-refractivity contribution in [2.45, 2.75) is 0 Å². The summed E-state index contributed by atoms with van der Waals surface area (Å²) in [6.07, 6.45) is 4.05. The van der Waals surface area contributed by atoms with E-state index in [-0.39, 0.29) is 0 Å². The molecule has 1 fully saturated rings. The zero-order chi connectivity index (χ0) is 13.5. The Labute approximate surface area is 122 Å². The van der Waals surface area contributed by atoms with E-state index in [0.717, 1.165) is 36.3 Å². The molecule has 1 aromatic carbocycles. The number of hydrogen-bond acceptors (Lipinski definition) is 2. The molecule has 4 nitrogen and oxygen atoms in total. The first-order valence-electron chi connectivity index (χ1n) is 6.30. The van der Waals surface area contributed by atoms with Crippen LogP contribution < -0.4 is 5.73 Å². The van der Waals surface area contributed by atoms with Crippen molar-refractivity contribution in [3.63, 3.8) is 0 Å². The Hall–Kier alpha value is -1.33. The van der Waals surface area contributed by atoms with E-state index in [4.69, 9.17) is 10.5 Å². The lowest BCUT2D eigenvalue weighted by atomic mass is 10.2. The van der Waals surface area contributed by atoms with E-state index in [1.165, 1.54) is 0 Å². The molecule has 1 aromatic rings. The number of ether oxygens (including phenoxy) is 1. The van der Waals surface area contributed by atoms with Gasteiger partial charge < -0.3 is 15.4 Å². The Morgan fingerprint density at radius 1 is 1.32 bits per heavy atom. The van der Waals surface area contributed by atoms with Crippen LogP contribution in [0.25, 0.3) is 6.08 Å². The average molecular weight is 324 g/mol. The molecule has 0 aromatic heterocycles. The summed E-state index contributed by atoms with van der Waals surface area (Å²) in [5.41, 5.74) is 7.08. The largest absolute Gasteiger partial charge is 0.378 e. The second-order valence-corrected chi connectivity index (χ2v) is 5.17. The van der Waals surface area contributed by atoms with E-state index in [9.17, 15) is 0 Å². The normalized spacial score (nSPS) is 17.1. The molecule has 0 bridgehead atoms. The molecule has 0 aliphatic carbocycles. The second-order valence-electron chi connectivity index (χ2n) is 4.25. The van der Waals surface area contributed by atoms with Gasteiger partial charge in [-0.05, 0) is 17.7 Å². The first-order chi connectivity index (χ1) is 9.25. The monoisotopic (exact) mass is 323 g/mol. The van der Waals surface area contributed by atoms with Crippen molar-refractivity contribution in [3.8, 4) is 0 Å². The minimum absolute atomic E-state index is 0.596. The molecule has 0 amide bonds. The van der Waals surface area contributed by atoms with Crippen LogP contribution in [0.15, 0.2) is 39.8 Å². The minimum atomic E-state index is 0.596. The molecule has 1 aliphatic heterocycles. The Kier molecular flexibility index (Phi) is 5.42. The summed E-state index contributed by atoms with van der Waals surface area (Å²) in [6, 6.07) is 8.14. The maximum atomic E-state index is 5.93. The summed E-state index contributed by atoms with van der Waals surface area (Å²) in [7, 11) is 0. The van der Waals surface area contributed by atoms with E-state index >= 15 is 0 Å². The highest BCUT2D eigenvalue weighted by Crippen LogP contribution is 2.11. The first kappa shape index (κ1) is 14.1. The summed E-state index contributed by atoms with van der Waals surface area (Å²) >= 11 is 3.41. The highest BCUT2D eigenvalue weighted by atomic mass is 79.9. The summed E-state index contributed by atoms with van der Waals surface area (Å²) in [6.45, 7) is 3.70. The minimum Gasteiger partial charge on any atom is -0.378 e. The molecule has 1 aliphatic rings. The highest BCUT2D eigenvalue weighted by Gasteiger charge is 2.11. The Morgan fingerprint density at radius 3 is 2.68 bits per heavy atom. The van der Waals surface area contributed by atoms with Crippen LogP contribution in [0, 0.1) is 0 Å². The van der Waals surface area contributed by atoms with Crippen molar-refractivity contribution in [3.05, 3.63) is 40.4 Å². The van der Waals surface area contributed by atoms with Gasteiger partial charge >= 0.3 is 0 Å². The third kappa shape index (κ3) is 4.69. The number of rotatable bonds is 3. The van der Waals surface area contributed by atoms with Gasteiger partial charge in [0.25, 0.3) is 0 Å². The fraction of sp³-hybridized carbons (Fsp3) is 0.357. The number of nitrogens with zero attached hydrogens (tertiary/aromatic N) is 2. The standard InChI is InChI=1S/C14H18BrN3O/c15-13-5-3-12(4-6-13)2-1-7-17-14(16)18-8-10-19-11-9-18/h1-6H,7-11H2,(H2,16,17)/b2-1+. The van der Waals surface area contributed by atoms with Gasteiger partial charge in [0, 0.05) is 17.6 Å². The molecule has 5 heteroatoms. The number of morpholine rings is 1. The van der Waals surface area contributed by atoms with Crippen molar-refractivity contribution in [2.75, 3.05) is 32.8 Å². The third-order valence-corrected chi connectivity index (χ3v) is 3.40. The van der Waals surface area contributed by atoms with Crippen LogP contribution in [-0.2, 0) is 4.74 Å². The van der Waals surface area contributed by atoms with Crippen LogP contribution in [0.3, 0.4) is 0 Å². The molecule has 0 unspecified atom stereocenters. The van der Waals surface area contributed by atoms with Gasteiger partial charge in [-0.15, -0.1) is 0 Å². The van der Waals surface area contributed by atoms with Crippen molar-refractivity contribution in [1.82, 2.24) is 4.90 Å². The molecule has 0 atom stereocenters. The molecule has 0 saturated carbocycles. The van der Waals surface area contributed by atoms with Gasteiger partial charge in [-0.25, -0.2) is 4.99 Å². The quantitative estimate of drug-likeness (QED) is 0.684. The van der Waals surface area contributed by atoms with Crippen LogP contribution in [-0.4, -0.2) is 43.7 Å². The van der Waals surface area contributed by atoms with Crippen molar-refractivity contribution >= 4 is 28.0 Å². The zero-order valence-electron chi connectivity index (χ0n) is 10.8. The molecule has 1 heterocycles. The van der Waals surface area contributed by atoms with Crippen molar-refractivity contribution < 1.29 is 4.74 Å². The van der Waals surface area contributed by atoms with Crippen molar-refractivity contribution in [2.24, 2.45) is 10.7 Å². The molecule has 1 saturated heterocycles. The lowest BCUT2D eigenvalue weighted by molar-refractivity contribution is 0.0674. The number of nitrogens with two attached hydrogens (primary N) is 1. The lowest BCUT2D eigenvalue weighted by Gasteiger charge is -2.27. The molecular weight excluding hydrogens is 306 g/mol. The van der Waals surface area contributed by atoms with E-state index in [1.54, 1.807) is 0 Å². The van der Waals surface area contributed by atoms with E-state index in [0.29, 0.717) is 12.5 Å². The van der Waals surface area contributed by atoms with Crippen LogP contribution >= 0.6 is 15.9 Å². The van der Waals surface area contributed by atoms with Crippen LogP contribution in [0.5, 0.6) is 0 Å². The number of aliphatic imine (C=N–C) groups is 1. The number of hydrogen-bond donors (Lipinski definition) is 1. The van der Waals surface area contributed by atoms with Crippen LogP contribution in [0.4, 0.5) is 0 Å². The Balaban J connectivity index is 1.82. The summed E-state index contributed by atoms with van der Waals surface area (Å²) in [5, 5.41) is 0. The summed E-state index contributed by atoms with van der Waals surface area (Å²) < 4.78 is 6.36. The lowest BCUT2D eigenvalue weighted by Crippen LogP contribution is -2.44. The topological polar surface area (TPSA) is 50.8 Å². The fourth-order valence-corrected chi connectivity index (χ4v) is 2.07. The van der Waals surface area contributed by atoms with Gasteiger partial charge in [-0.3, -0.25) is 0 Å². The molecular formula is C14H18BrN3O. The maximum Gasteiger partial charge on any atom is 0.191 e. The maximum absolute atomic E-state index is 5.93. The van der Waals surface area contributed by atoms with Gasteiger partial charge in [0.05, 0.1) is 19.8 Å². The summed E-state index contributed by atoms with van der Waals surface area (Å²) in [4.78, 5) is 6.40. The van der Waals surface area contributed by atoms with Crippen LogP contribution in [0.2, 0.25) is 0 Å². The fourth-order valence-electron chi connectivity index (χ4n) is 1.80. The van der Waals surface area contributed by atoms with Gasteiger partial charge in [0.1, 0.15) is 0 Å². The number of halogens is 1. The molecule has 0 radical (unpaired) electrons. The molecule has 19 heavy (non-hydrogen) atoms. The van der Waals surface area contributed by atoms with Gasteiger partial charge in [-0.1, -0.05) is 40.2 Å². The van der Waals surface area contributed by atoms with Gasteiger partial charge in [0.2, 0.25) is 0 Å². The predicted octanol–water partition coefficient (Wildman–Crippen LogP) is 2.11. The highest BCUT2D eigenvalue weighted by molar-refractivity contribution is 9.10. The SMILES string of the molecule is NC(=NC/C=C/c1ccc(Br)cc1)N1CCOCC1. The first-order valence-corrected chi connectivity index (χ1v) is 7.10. The molecule has 2 N–H and O–H groups in total. The predicted molar refractivity (Wildman–Crippen MR) is 82.1 cm³/mol. The number of guanidine groups is 1. The zero-order valence-corrected chi connectivity index (χ0v) is 12.3. The Bertz CT molecular complexity index is 450. The Morgan fingerprint density at radius 2 is 2.00 bits per heavy atom. The van der Waals surface area contributed by atoms with Crippen molar-refractivity contribution in [1.29, 1.82) is 0 Å². The van der Waals surface area contributed by atoms with E-state index in [1.807, 2.05) is 24.3 Å². The van der Waals surface area contributed by atoms with E-state index < -0.39 is 0 Å². The molecule has 102 valence electrons. The average Bonchev–Trinajstić information content (AvgIpc) is 2.46. The number of benzene rings is 1. The second kappa shape index (κ2) is 7.31. The van der Waals surface area contributed by atoms with Crippen LogP contribution in [0.1, 0.15) is 5.56 Å². The van der Waals surface area contributed by atoms with Gasteiger partial charge in [-0.2, -0.15) is 0 Å². The summed E-state index contributed by atoms with van der Waals surface area (Å²) in [5.74, 6) is 0.601. The van der Waals surface area contributed by atoms with Gasteiger partial charge in [0.15, 0.2) is 5.96 Å².